The molecule has 0 spiro atoms. The van der Waals surface area contributed by atoms with E-state index in [2.05, 4.69) is 18.7 Å². The molecule has 0 radical (unpaired) electrons. The first-order chi connectivity index (χ1) is 5.85. The molecule has 3 nitrogen and oxygen atoms in total. The molecule has 1 rings (SSSR count). The summed E-state index contributed by atoms with van der Waals surface area (Å²) in [5.41, 5.74) is 0. The second kappa shape index (κ2) is 3.58. The van der Waals surface area contributed by atoms with Crippen LogP contribution in [0.4, 0.5) is 0 Å². The third kappa shape index (κ3) is 2.05. The SMILES string of the molecule is CC(C)N1CC(C)S(=O)(=O)C(C)C1. The zero-order valence-electron chi connectivity index (χ0n) is 8.82. The molecule has 0 N–H and O–H groups in total. The van der Waals surface area contributed by atoms with Crippen LogP contribution in [-0.4, -0.2) is 42.9 Å². The standard InChI is InChI=1S/C9H19NO2S/c1-7(2)10-5-8(3)13(11,12)9(4)6-10/h7-9H,5-6H2,1-4H3. The van der Waals surface area contributed by atoms with Crippen molar-refractivity contribution < 1.29 is 8.42 Å². The van der Waals surface area contributed by atoms with Crippen LogP contribution in [0.3, 0.4) is 0 Å². The highest BCUT2D eigenvalue weighted by Crippen LogP contribution is 2.19. The topological polar surface area (TPSA) is 37.4 Å². The molecule has 1 aliphatic heterocycles. The lowest BCUT2D eigenvalue weighted by Gasteiger charge is -2.37. The van der Waals surface area contributed by atoms with Crippen LogP contribution in [-0.2, 0) is 9.84 Å². The first-order valence-corrected chi connectivity index (χ1v) is 6.43. The van der Waals surface area contributed by atoms with Crippen molar-refractivity contribution in [3.8, 4) is 0 Å². The minimum atomic E-state index is -2.85. The van der Waals surface area contributed by atoms with Gasteiger partial charge in [-0.05, 0) is 27.7 Å². The first-order valence-electron chi connectivity index (χ1n) is 4.82. The van der Waals surface area contributed by atoms with E-state index in [0.717, 1.165) is 0 Å². The molecule has 1 aliphatic rings. The fourth-order valence-corrected chi connectivity index (χ4v) is 3.35. The minimum absolute atomic E-state index is 0.210. The molecule has 0 aromatic carbocycles. The summed E-state index contributed by atoms with van der Waals surface area (Å²) in [4.78, 5) is 2.23. The summed E-state index contributed by atoms with van der Waals surface area (Å²) in [5, 5.41) is -0.419. The molecule has 2 unspecified atom stereocenters. The second-order valence-electron chi connectivity index (χ2n) is 4.26. The van der Waals surface area contributed by atoms with Gasteiger partial charge in [-0.2, -0.15) is 0 Å². The van der Waals surface area contributed by atoms with Gasteiger partial charge in [-0.3, -0.25) is 4.90 Å². The van der Waals surface area contributed by atoms with Crippen LogP contribution in [0.2, 0.25) is 0 Å². The predicted molar refractivity (Wildman–Crippen MR) is 54.6 cm³/mol. The Bertz CT molecular complexity index is 253. The van der Waals surface area contributed by atoms with E-state index in [1.165, 1.54) is 0 Å². The maximum atomic E-state index is 11.7. The van der Waals surface area contributed by atoms with Crippen molar-refractivity contribution in [1.29, 1.82) is 0 Å². The average molecular weight is 205 g/mol. The number of nitrogens with zero attached hydrogens (tertiary/aromatic N) is 1. The molecule has 1 fully saturated rings. The summed E-state index contributed by atoms with van der Waals surface area (Å²) in [6.07, 6.45) is 0. The van der Waals surface area contributed by atoms with E-state index in [9.17, 15) is 8.42 Å². The van der Waals surface area contributed by atoms with Crippen LogP contribution in [0.5, 0.6) is 0 Å². The van der Waals surface area contributed by atoms with Crippen LogP contribution in [0, 0.1) is 0 Å². The van der Waals surface area contributed by atoms with Crippen molar-refractivity contribution in [3.63, 3.8) is 0 Å². The molecular weight excluding hydrogens is 186 g/mol. The molecule has 0 amide bonds. The van der Waals surface area contributed by atoms with Gasteiger partial charge < -0.3 is 0 Å². The smallest absolute Gasteiger partial charge is 0.157 e. The van der Waals surface area contributed by atoms with Gasteiger partial charge in [-0.1, -0.05) is 0 Å². The Balaban J connectivity index is 2.80. The van der Waals surface area contributed by atoms with Gasteiger partial charge in [0.05, 0.1) is 10.5 Å². The summed E-state index contributed by atoms with van der Waals surface area (Å²) in [5.74, 6) is 0. The van der Waals surface area contributed by atoms with Crippen LogP contribution in [0.25, 0.3) is 0 Å². The summed E-state index contributed by atoms with van der Waals surface area (Å²) < 4.78 is 23.3. The molecule has 1 saturated heterocycles. The summed E-state index contributed by atoms with van der Waals surface area (Å²) >= 11 is 0. The van der Waals surface area contributed by atoms with E-state index in [1.807, 2.05) is 0 Å². The average Bonchev–Trinajstić information content (AvgIpc) is 2.00. The molecule has 0 aromatic heterocycles. The summed E-state index contributed by atoms with van der Waals surface area (Å²) in [6, 6.07) is 0.445. The third-order valence-corrected chi connectivity index (χ3v) is 5.38. The number of hydrogen-bond donors (Lipinski definition) is 0. The maximum Gasteiger partial charge on any atom is 0.157 e. The van der Waals surface area contributed by atoms with Crippen molar-refractivity contribution in [2.45, 2.75) is 44.2 Å². The highest BCUT2D eigenvalue weighted by atomic mass is 32.2. The van der Waals surface area contributed by atoms with Gasteiger partial charge in [0.15, 0.2) is 9.84 Å². The molecule has 1 heterocycles. The quantitative estimate of drug-likeness (QED) is 0.638. The Hall–Kier alpha value is -0.0900. The number of sulfone groups is 1. The van der Waals surface area contributed by atoms with E-state index in [4.69, 9.17) is 0 Å². The fraction of sp³-hybridized carbons (Fsp3) is 1.00. The van der Waals surface area contributed by atoms with Crippen molar-refractivity contribution in [3.05, 3.63) is 0 Å². The zero-order valence-corrected chi connectivity index (χ0v) is 9.63. The largest absolute Gasteiger partial charge is 0.298 e. The lowest BCUT2D eigenvalue weighted by atomic mass is 10.2. The van der Waals surface area contributed by atoms with E-state index < -0.39 is 9.84 Å². The lowest BCUT2D eigenvalue weighted by molar-refractivity contribution is 0.212. The lowest BCUT2D eigenvalue weighted by Crippen LogP contribution is -2.52. The zero-order chi connectivity index (χ0) is 10.2. The maximum absolute atomic E-state index is 11.7. The molecule has 0 aliphatic carbocycles. The highest BCUT2D eigenvalue weighted by Gasteiger charge is 2.36. The van der Waals surface area contributed by atoms with E-state index >= 15 is 0 Å². The van der Waals surface area contributed by atoms with Gasteiger partial charge in [-0.15, -0.1) is 0 Å². The molecule has 0 saturated carbocycles. The summed E-state index contributed by atoms with van der Waals surface area (Å²) in [7, 11) is -2.85. The van der Waals surface area contributed by atoms with E-state index in [-0.39, 0.29) is 10.5 Å². The Morgan fingerprint density at radius 2 is 1.54 bits per heavy atom. The van der Waals surface area contributed by atoms with E-state index in [1.54, 1.807) is 13.8 Å². The van der Waals surface area contributed by atoms with Crippen LogP contribution in [0.15, 0.2) is 0 Å². The Morgan fingerprint density at radius 3 is 1.85 bits per heavy atom. The third-order valence-electron chi connectivity index (χ3n) is 2.84. The van der Waals surface area contributed by atoms with Gasteiger partial charge in [0.2, 0.25) is 0 Å². The highest BCUT2D eigenvalue weighted by molar-refractivity contribution is 7.92. The first kappa shape index (κ1) is 11.0. The minimum Gasteiger partial charge on any atom is -0.298 e. The fourth-order valence-electron chi connectivity index (χ4n) is 1.76. The van der Waals surface area contributed by atoms with Gasteiger partial charge >= 0.3 is 0 Å². The number of hydrogen-bond acceptors (Lipinski definition) is 3. The van der Waals surface area contributed by atoms with Gasteiger partial charge in [-0.25, -0.2) is 8.42 Å². The van der Waals surface area contributed by atoms with Gasteiger partial charge in [0, 0.05) is 19.1 Å². The Labute approximate surface area is 81.0 Å². The summed E-state index contributed by atoms with van der Waals surface area (Å²) in [6.45, 7) is 9.20. The molecule has 0 aromatic rings. The van der Waals surface area contributed by atoms with Crippen molar-refractivity contribution >= 4 is 9.84 Å². The number of rotatable bonds is 1. The molecule has 2 atom stereocenters. The normalized spacial score (nSPS) is 35.2. The van der Waals surface area contributed by atoms with Crippen molar-refractivity contribution in [2.75, 3.05) is 13.1 Å². The van der Waals surface area contributed by atoms with Crippen LogP contribution < -0.4 is 0 Å². The van der Waals surface area contributed by atoms with Gasteiger partial charge in [0.1, 0.15) is 0 Å². The molecule has 0 bridgehead atoms. The molecular formula is C9H19NO2S. The monoisotopic (exact) mass is 205 g/mol. The van der Waals surface area contributed by atoms with Crippen LogP contribution >= 0.6 is 0 Å². The van der Waals surface area contributed by atoms with Crippen molar-refractivity contribution in [1.82, 2.24) is 4.90 Å². The molecule has 13 heavy (non-hydrogen) atoms. The van der Waals surface area contributed by atoms with Crippen molar-refractivity contribution in [2.24, 2.45) is 0 Å². The Morgan fingerprint density at radius 1 is 1.15 bits per heavy atom. The Kier molecular flexibility index (Phi) is 3.02. The van der Waals surface area contributed by atoms with Crippen LogP contribution in [0.1, 0.15) is 27.7 Å². The second-order valence-corrected chi connectivity index (χ2v) is 7.05. The van der Waals surface area contributed by atoms with E-state index in [0.29, 0.717) is 19.1 Å². The van der Waals surface area contributed by atoms with Gasteiger partial charge in [0.25, 0.3) is 0 Å². The molecule has 4 heteroatoms. The predicted octanol–water partition coefficient (Wildman–Crippen LogP) is 0.902. The molecule has 78 valence electrons.